The van der Waals surface area contributed by atoms with Gasteiger partial charge in [0.15, 0.2) is 0 Å². The van der Waals surface area contributed by atoms with Crippen molar-refractivity contribution < 1.29 is 9.47 Å². The van der Waals surface area contributed by atoms with Crippen LogP contribution in [0.15, 0.2) is 48.8 Å². The molecule has 0 aliphatic carbocycles. The number of methoxy groups -OCH3 is 1. The molecule has 0 N–H and O–H groups in total. The van der Waals surface area contributed by atoms with E-state index in [9.17, 15) is 0 Å². The van der Waals surface area contributed by atoms with Gasteiger partial charge in [-0.05, 0) is 71.7 Å². The smallest absolute Gasteiger partial charge is 0.148 e. The van der Waals surface area contributed by atoms with Crippen LogP contribution in [0.5, 0.6) is 5.75 Å². The van der Waals surface area contributed by atoms with Crippen LogP contribution in [0.2, 0.25) is 0 Å². The summed E-state index contributed by atoms with van der Waals surface area (Å²) in [5.74, 6) is 2.00. The van der Waals surface area contributed by atoms with Crippen LogP contribution < -0.4 is 4.74 Å². The van der Waals surface area contributed by atoms with Crippen molar-refractivity contribution >= 4 is 0 Å². The molecule has 3 heterocycles. The molecule has 158 valence electrons. The van der Waals surface area contributed by atoms with Gasteiger partial charge < -0.3 is 9.47 Å². The fourth-order valence-electron chi connectivity index (χ4n) is 4.71. The number of hydrogen-bond donors (Lipinski definition) is 0. The average Bonchev–Trinajstić information content (AvgIpc) is 3.11. The molecule has 0 unspecified atom stereocenters. The zero-order valence-corrected chi connectivity index (χ0v) is 18.8. The predicted molar refractivity (Wildman–Crippen MR) is 119 cm³/mol. The maximum Gasteiger partial charge on any atom is 0.148 e. The van der Waals surface area contributed by atoms with Crippen LogP contribution in [0.3, 0.4) is 0 Å². The number of aryl methyl sites for hydroxylation is 1. The minimum absolute atomic E-state index is 0.188. The highest BCUT2D eigenvalue weighted by atomic mass is 16.5. The minimum atomic E-state index is -0.188. The first kappa shape index (κ1) is 20.6. The zero-order chi connectivity index (χ0) is 21.5. The van der Waals surface area contributed by atoms with Gasteiger partial charge in [0.05, 0.1) is 41.5 Å². The summed E-state index contributed by atoms with van der Waals surface area (Å²) in [6.07, 6.45) is 5.93. The Morgan fingerprint density at radius 1 is 1.03 bits per heavy atom. The quantitative estimate of drug-likeness (QED) is 0.558. The van der Waals surface area contributed by atoms with E-state index in [-0.39, 0.29) is 11.2 Å². The van der Waals surface area contributed by atoms with Crippen molar-refractivity contribution in [1.29, 1.82) is 0 Å². The highest BCUT2D eigenvalue weighted by Crippen LogP contribution is 2.44. The van der Waals surface area contributed by atoms with E-state index < -0.39 is 0 Å². The Morgan fingerprint density at radius 2 is 1.73 bits per heavy atom. The Hall–Kier alpha value is -2.66. The summed E-state index contributed by atoms with van der Waals surface area (Å²) >= 11 is 0. The molecule has 30 heavy (non-hydrogen) atoms. The number of aromatic nitrogens is 3. The topological polar surface area (TPSA) is 49.2 Å². The predicted octanol–water partition coefficient (Wildman–Crippen LogP) is 5.70. The number of benzene rings is 1. The fraction of sp³-hybridized carbons (Fsp3) is 0.440. The van der Waals surface area contributed by atoms with Gasteiger partial charge in [-0.2, -0.15) is 0 Å². The normalized spacial score (nSPS) is 18.3. The lowest BCUT2D eigenvalue weighted by Crippen LogP contribution is -2.44. The van der Waals surface area contributed by atoms with Crippen LogP contribution in [0.25, 0.3) is 17.1 Å². The van der Waals surface area contributed by atoms with Crippen molar-refractivity contribution in [1.82, 2.24) is 14.5 Å². The zero-order valence-electron chi connectivity index (χ0n) is 18.8. The van der Waals surface area contributed by atoms with Gasteiger partial charge >= 0.3 is 0 Å². The largest absolute Gasteiger partial charge is 0.496 e. The van der Waals surface area contributed by atoms with E-state index in [1.54, 1.807) is 7.11 Å². The van der Waals surface area contributed by atoms with Gasteiger partial charge in [-0.25, -0.2) is 4.98 Å². The van der Waals surface area contributed by atoms with E-state index in [2.05, 4.69) is 55.6 Å². The van der Waals surface area contributed by atoms with Crippen molar-refractivity contribution in [2.24, 2.45) is 0 Å². The Kier molecular flexibility index (Phi) is 5.18. The summed E-state index contributed by atoms with van der Waals surface area (Å²) in [7, 11) is 1.70. The van der Waals surface area contributed by atoms with Gasteiger partial charge in [0, 0.05) is 17.8 Å². The number of hydrogen-bond acceptors (Lipinski definition) is 4. The SMILES string of the molecule is COc1ccccc1-c1nc(C2CC(C)(C)OC(C)(C)C2)cn1-c1ccc(C)nc1. The van der Waals surface area contributed by atoms with Crippen LogP contribution in [-0.4, -0.2) is 32.8 Å². The molecule has 0 saturated carbocycles. The van der Waals surface area contributed by atoms with Crippen molar-refractivity contribution in [2.45, 2.75) is 64.6 Å². The number of imidazole rings is 1. The molecule has 1 fully saturated rings. The lowest BCUT2D eigenvalue weighted by atomic mass is 9.79. The molecule has 1 aliphatic rings. The first-order valence-electron chi connectivity index (χ1n) is 10.5. The number of nitrogens with zero attached hydrogens (tertiary/aromatic N) is 3. The summed E-state index contributed by atoms with van der Waals surface area (Å²) < 4.78 is 14.1. The van der Waals surface area contributed by atoms with Crippen molar-refractivity contribution in [3.05, 3.63) is 60.2 Å². The summed E-state index contributed by atoms with van der Waals surface area (Å²) in [6.45, 7) is 10.7. The first-order chi connectivity index (χ1) is 14.2. The van der Waals surface area contributed by atoms with Crippen LogP contribution in [0.1, 0.15) is 57.8 Å². The van der Waals surface area contributed by atoms with Crippen molar-refractivity contribution in [2.75, 3.05) is 7.11 Å². The van der Waals surface area contributed by atoms with E-state index in [1.165, 1.54) is 0 Å². The third-order valence-electron chi connectivity index (χ3n) is 5.69. The second kappa shape index (κ2) is 7.55. The van der Waals surface area contributed by atoms with Gasteiger partial charge in [0.2, 0.25) is 0 Å². The van der Waals surface area contributed by atoms with E-state index >= 15 is 0 Å². The van der Waals surface area contributed by atoms with Gasteiger partial charge in [-0.1, -0.05) is 12.1 Å². The maximum absolute atomic E-state index is 6.30. The molecule has 4 rings (SSSR count). The van der Waals surface area contributed by atoms with Crippen molar-refractivity contribution in [3.8, 4) is 22.8 Å². The number of ether oxygens (including phenoxy) is 2. The van der Waals surface area contributed by atoms with Gasteiger partial charge in [-0.15, -0.1) is 0 Å². The molecule has 2 aromatic heterocycles. The Bertz CT molecular complexity index is 1020. The van der Waals surface area contributed by atoms with Crippen LogP contribution in [0, 0.1) is 6.92 Å². The molecule has 5 heteroatoms. The molecule has 0 bridgehead atoms. The summed E-state index contributed by atoms with van der Waals surface area (Å²) in [5, 5.41) is 0. The van der Waals surface area contributed by atoms with Crippen molar-refractivity contribution in [3.63, 3.8) is 0 Å². The molecule has 3 aromatic rings. The van der Waals surface area contributed by atoms with Gasteiger partial charge in [-0.3, -0.25) is 9.55 Å². The molecular weight excluding hydrogens is 374 g/mol. The Balaban J connectivity index is 1.85. The highest BCUT2D eigenvalue weighted by Gasteiger charge is 2.41. The second-order valence-electron chi connectivity index (χ2n) is 9.44. The molecule has 1 aliphatic heterocycles. The van der Waals surface area contributed by atoms with Crippen LogP contribution in [-0.2, 0) is 4.74 Å². The van der Waals surface area contributed by atoms with E-state index in [0.717, 1.165) is 47.1 Å². The molecule has 0 atom stereocenters. The number of rotatable bonds is 4. The third-order valence-corrected chi connectivity index (χ3v) is 5.69. The molecule has 1 aromatic carbocycles. The van der Waals surface area contributed by atoms with Crippen LogP contribution in [0.4, 0.5) is 0 Å². The lowest BCUT2D eigenvalue weighted by Gasteiger charge is -2.45. The average molecular weight is 406 g/mol. The van der Waals surface area contributed by atoms with E-state index in [4.69, 9.17) is 14.5 Å². The van der Waals surface area contributed by atoms with Gasteiger partial charge in [0.1, 0.15) is 11.6 Å². The van der Waals surface area contributed by atoms with E-state index in [0.29, 0.717) is 5.92 Å². The summed E-state index contributed by atoms with van der Waals surface area (Å²) in [6, 6.07) is 12.1. The monoisotopic (exact) mass is 405 g/mol. The minimum Gasteiger partial charge on any atom is -0.496 e. The molecule has 0 radical (unpaired) electrons. The number of para-hydroxylation sites is 1. The summed E-state index contributed by atoms with van der Waals surface area (Å²) in [5.41, 5.74) is 3.66. The standard InChI is InChI=1S/C25H31N3O2/c1-17-11-12-19(15-26-17)28-16-21(18-13-24(2,3)30-25(4,5)14-18)27-23(28)20-9-7-8-10-22(20)29-6/h7-12,15-16,18H,13-14H2,1-6H3. The fourth-order valence-corrected chi connectivity index (χ4v) is 4.71. The molecular formula is C25H31N3O2. The van der Waals surface area contributed by atoms with Crippen LogP contribution >= 0.6 is 0 Å². The third kappa shape index (κ3) is 4.12. The lowest BCUT2D eigenvalue weighted by molar-refractivity contribution is -0.162. The Morgan fingerprint density at radius 3 is 2.37 bits per heavy atom. The molecule has 0 amide bonds. The Labute approximate surface area is 179 Å². The van der Waals surface area contributed by atoms with Gasteiger partial charge in [0.25, 0.3) is 0 Å². The molecule has 1 saturated heterocycles. The maximum atomic E-state index is 6.30. The first-order valence-corrected chi connectivity index (χ1v) is 10.5. The second-order valence-corrected chi connectivity index (χ2v) is 9.44. The molecule has 0 spiro atoms. The summed E-state index contributed by atoms with van der Waals surface area (Å²) in [4.78, 5) is 9.64. The highest BCUT2D eigenvalue weighted by molar-refractivity contribution is 5.67. The van der Waals surface area contributed by atoms with E-state index in [1.807, 2.05) is 37.4 Å². The molecule has 5 nitrogen and oxygen atoms in total. The number of pyridine rings is 1.